The largest absolute Gasteiger partial charge is 0.460 e. The summed E-state index contributed by atoms with van der Waals surface area (Å²) in [5.74, 6) is -0.229. The quantitative estimate of drug-likeness (QED) is 0.755. The molecule has 0 aromatic heterocycles. The standard InChI is InChI=1S/C14H27NO4/c1-7-8-9-12(16)18-11(3)10(2)15-13(17)19-14(4,5)6/h10-11H,7-9H2,1-6H3,(H,15,17). The fourth-order valence-corrected chi connectivity index (χ4v) is 1.30. The molecule has 2 atom stereocenters. The van der Waals surface area contributed by atoms with Crippen LogP contribution in [-0.2, 0) is 14.3 Å². The van der Waals surface area contributed by atoms with E-state index in [2.05, 4.69) is 5.32 Å². The van der Waals surface area contributed by atoms with Crippen LogP contribution in [-0.4, -0.2) is 29.8 Å². The van der Waals surface area contributed by atoms with Crippen LogP contribution >= 0.6 is 0 Å². The Hall–Kier alpha value is -1.26. The normalized spacial score (nSPS) is 14.4. The Labute approximate surface area is 116 Å². The molecule has 0 radical (unpaired) electrons. The van der Waals surface area contributed by atoms with Gasteiger partial charge in [0.25, 0.3) is 0 Å². The van der Waals surface area contributed by atoms with Gasteiger partial charge < -0.3 is 14.8 Å². The number of ether oxygens (including phenoxy) is 2. The second kappa shape index (κ2) is 8.02. The molecule has 0 saturated heterocycles. The lowest BCUT2D eigenvalue weighted by Gasteiger charge is -2.24. The fourth-order valence-electron chi connectivity index (χ4n) is 1.30. The first-order chi connectivity index (χ1) is 8.65. The molecule has 1 N–H and O–H groups in total. The summed E-state index contributed by atoms with van der Waals surface area (Å²) in [5.41, 5.74) is -0.537. The Kier molecular flexibility index (Phi) is 7.49. The number of esters is 1. The van der Waals surface area contributed by atoms with Gasteiger partial charge in [-0.25, -0.2) is 4.79 Å². The topological polar surface area (TPSA) is 64.6 Å². The minimum absolute atomic E-state index is 0.229. The highest BCUT2D eigenvalue weighted by Crippen LogP contribution is 2.08. The summed E-state index contributed by atoms with van der Waals surface area (Å²) in [7, 11) is 0. The molecule has 0 fully saturated rings. The van der Waals surface area contributed by atoms with Crippen molar-refractivity contribution in [2.24, 2.45) is 0 Å². The minimum atomic E-state index is -0.537. The van der Waals surface area contributed by atoms with Crippen molar-refractivity contribution in [1.82, 2.24) is 5.32 Å². The molecular weight excluding hydrogens is 246 g/mol. The SMILES string of the molecule is CCCCC(=O)OC(C)C(C)NC(=O)OC(C)(C)C. The molecule has 0 aromatic rings. The van der Waals surface area contributed by atoms with Gasteiger partial charge in [-0.05, 0) is 41.0 Å². The van der Waals surface area contributed by atoms with Crippen molar-refractivity contribution in [3.63, 3.8) is 0 Å². The maximum Gasteiger partial charge on any atom is 0.407 e. The van der Waals surface area contributed by atoms with Crippen molar-refractivity contribution < 1.29 is 19.1 Å². The van der Waals surface area contributed by atoms with E-state index in [4.69, 9.17) is 9.47 Å². The molecule has 2 unspecified atom stereocenters. The van der Waals surface area contributed by atoms with Crippen molar-refractivity contribution in [2.45, 2.75) is 78.6 Å². The monoisotopic (exact) mass is 273 g/mol. The second-order valence-electron chi connectivity index (χ2n) is 5.73. The summed E-state index contributed by atoms with van der Waals surface area (Å²) in [4.78, 5) is 23.0. The zero-order valence-electron chi connectivity index (χ0n) is 12.9. The third-order valence-corrected chi connectivity index (χ3v) is 2.50. The van der Waals surface area contributed by atoms with Gasteiger partial charge in [-0.2, -0.15) is 0 Å². The van der Waals surface area contributed by atoms with E-state index in [1.807, 2.05) is 6.92 Å². The smallest absolute Gasteiger partial charge is 0.407 e. The van der Waals surface area contributed by atoms with Crippen LogP contribution in [0.4, 0.5) is 4.79 Å². The predicted molar refractivity (Wildman–Crippen MR) is 73.9 cm³/mol. The van der Waals surface area contributed by atoms with Gasteiger partial charge in [0, 0.05) is 6.42 Å². The average molecular weight is 273 g/mol. The first-order valence-corrected chi connectivity index (χ1v) is 6.84. The average Bonchev–Trinajstić information content (AvgIpc) is 2.23. The summed E-state index contributed by atoms with van der Waals surface area (Å²) in [6.45, 7) is 10.9. The van der Waals surface area contributed by atoms with E-state index in [1.54, 1.807) is 34.6 Å². The molecule has 0 spiro atoms. The molecule has 0 aliphatic heterocycles. The maximum atomic E-state index is 11.6. The Morgan fingerprint density at radius 1 is 1.21 bits per heavy atom. The molecular formula is C14H27NO4. The lowest BCUT2D eigenvalue weighted by atomic mass is 10.2. The Bertz CT molecular complexity index is 296. The second-order valence-corrected chi connectivity index (χ2v) is 5.73. The van der Waals surface area contributed by atoms with Gasteiger partial charge in [0.2, 0.25) is 0 Å². The summed E-state index contributed by atoms with van der Waals surface area (Å²) in [5, 5.41) is 2.66. The van der Waals surface area contributed by atoms with Gasteiger partial charge in [0.1, 0.15) is 11.7 Å². The summed E-state index contributed by atoms with van der Waals surface area (Å²) in [6.07, 6.45) is 1.31. The molecule has 1 amide bonds. The molecule has 19 heavy (non-hydrogen) atoms. The highest BCUT2D eigenvalue weighted by atomic mass is 16.6. The molecule has 0 rings (SSSR count). The van der Waals surface area contributed by atoms with E-state index >= 15 is 0 Å². The number of rotatable bonds is 6. The molecule has 0 aliphatic carbocycles. The molecule has 5 heteroatoms. The maximum absolute atomic E-state index is 11.6. The van der Waals surface area contributed by atoms with Gasteiger partial charge >= 0.3 is 12.1 Å². The molecule has 0 bridgehead atoms. The predicted octanol–water partition coefficient (Wildman–Crippen LogP) is 3.02. The van der Waals surface area contributed by atoms with Gasteiger partial charge in [0.15, 0.2) is 0 Å². The van der Waals surface area contributed by atoms with Crippen molar-refractivity contribution in [3.8, 4) is 0 Å². The van der Waals surface area contributed by atoms with Crippen molar-refractivity contribution in [1.29, 1.82) is 0 Å². The van der Waals surface area contributed by atoms with E-state index in [0.29, 0.717) is 6.42 Å². The van der Waals surface area contributed by atoms with Gasteiger partial charge in [-0.15, -0.1) is 0 Å². The van der Waals surface area contributed by atoms with Gasteiger partial charge in [-0.1, -0.05) is 13.3 Å². The van der Waals surface area contributed by atoms with Crippen LogP contribution in [0.25, 0.3) is 0 Å². The number of nitrogens with one attached hydrogen (secondary N) is 1. The van der Waals surface area contributed by atoms with Crippen LogP contribution in [0.3, 0.4) is 0 Å². The fraction of sp³-hybridized carbons (Fsp3) is 0.857. The number of unbranched alkanes of at least 4 members (excludes halogenated alkanes) is 1. The number of hydrogen-bond acceptors (Lipinski definition) is 4. The van der Waals surface area contributed by atoms with Crippen LogP contribution < -0.4 is 5.32 Å². The van der Waals surface area contributed by atoms with Gasteiger partial charge in [0.05, 0.1) is 6.04 Å². The number of amides is 1. The zero-order valence-corrected chi connectivity index (χ0v) is 12.9. The highest BCUT2D eigenvalue weighted by molar-refractivity contribution is 5.70. The van der Waals surface area contributed by atoms with Gasteiger partial charge in [-0.3, -0.25) is 4.79 Å². The van der Waals surface area contributed by atoms with Crippen molar-refractivity contribution >= 4 is 12.1 Å². The van der Waals surface area contributed by atoms with Crippen LogP contribution in [0.1, 0.15) is 60.8 Å². The van der Waals surface area contributed by atoms with Crippen LogP contribution in [0.2, 0.25) is 0 Å². The van der Waals surface area contributed by atoms with E-state index in [-0.39, 0.29) is 18.1 Å². The number of carbonyl (C=O) groups excluding carboxylic acids is 2. The van der Waals surface area contributed by atoms with E-state index < -0.39 is 11.7 Å². The number of hydrogen-bond donors (Lipinski definition) is 1. The highest BCUT2D eigenvalue weighted by Gasteiger charge is 2.22. The minimum Gasteiger partial charge on any atom is -0.460 e. The molecule has 0 aromatic carbocycles. The number of carbonyl (C=O) groups is 2. The van der Waals surface area contributed by atoms with E-state index in [1.165, 1.54) is 0 Å². The first-order valence-electron chi connectivity index (χ1n) is 6.84. The summed E-state index contributed by atoms with van der Waals surface area (Å²) >= 11 is 0. The Balaban J connectivity index is 4.09. The van der Waals surface area contributed by atoms with Crippen molar-refractivity contribution in [3.05, 3.63) is 0 Å². The van der Waals surface area contributed by atoms with Crippen LogP contribution in [0.15, 0.2) is 0 Å². The molecule has 0 aliphatic rings. The first kappa shape index (κ1) is 17.7. The lowest BCUT2D eigenvalue weighted by Crippen LogP contribution is -2.44. The molecule has 112 valence electrons. The lowest BCUT2D eigenvalue weighted by molar-refractivity contribution is -0.149. The molecule has 5 nitrogen and oxygen atoms in total. The molecule has 0 saturated carbocycles. The van der Waals surface area contributed by atoms with E-state index in [9.17, 15) is 9.59 Å². The molecule has 0 heterocycles. The van der Waals surface area contributed by atoms with Crippen molar-refractivity contribution in [2.75, 3.05) is 0 Å². The third kappa shape index (κ3) is 9.33. The summed E-state index contributed by atoms with van der Waals surface area (Å²) < 4.78 is 10.4. The third-order valence-electron chi connectivity index (χ3n) is 2.50. The summed E-state index contributed by atoms with van der Waals surface area (Å²) in [6, 6.07) is -0.291. The van der Waals surface area contributed by atoms with Crippen LogP contribution in [0.5, 0.6) is 0 Å². The van der Waals surface area contributed by atoms with E-state index in [0.717, 1.165) is 12.8 Å². The Morgan fingerprint density at radius 3 is 2.26 bits per heavy atom. The number of alkyl carbamates (subject to hydrolysis) is 1. The Morgan fingerprint density at radius 2 is 1.79 bits per heavy atom. The van der Waals surface area contributed by atoms with Crippen LogP contribution in [0, 0.1) is 0 Å². The zero-order chi connectivity index (χ0) is 15.1.